The van der Waals surface area contributed by atoms with Gasteiger partial charge in [0, 0.05) is 23.3 Å². The minimum Gasteiger partial charge on any atom is -0.365 e. The Kier molecular flexibility index (Phi) is 7.01. The third kappa shape index (κ3) is 5.93. The van der Waals surface area contributed by atoms with Crippen LogP contribution in [-0.4, -0.2) is 9.97 Å². The second-order valence-electron chi connectivity index (χ2n) is 7.36. The third-order valence-corrected chi connectivity index (χ3v) is 5.00. The normalized spacial score (nSPS) is 14.1. The van der Waals surface area contributed by atoms with Crippen LogP contribution in [0, 0.1) is 12.8 Å². The van der Waals surface area contributed by atoms with Crippen LogP contribution >= 0.6 is 0 Å². The van der Waals surface area contributed by atoms with Crippen LogP contribution in [0.3, 0.4) is 0 Å². The average molecular weight is 315 g/mol. The summed E-state index contributed by atoms with van der Waals surface area (Å²) in [5, 5.41) is 0. The second-order valence-corrected chi connectivity index (χ2v) is 7.36. The highest BCUT2D eigenvalue weighted by Crippen LogP contribution is 2.24. The lowest BCUT2D eigenvalue weighted by molar-refractivity contribution is 0.451. The Morgan fingerprint density at radius 2 is 1.87 bits per heavy atom. The first-order valence-electron chi connectivity index (χ1n) is 9.40. The van der Waals surface area contributed by atoms with Gasteiger partial charge in [0.2, 0.25) is 0 Å². The topological polar surface area (TPSA) is 31.6 Å². The van der Waals surface area contributed by atoms with Gasteiger partial charge in [0.25, 0.3) is 0 Å². The van der Waals surface area contributed by atoms with E-state index >= 15 is 0 Å². The molecule has 2 heteroatoms. The van der Waals surface area contributed by atoms with Crippen LogP contribution in [-0.2, 0) is 12.8 Å². The van der Waals surface area contributed by atoms with Crippen LogP contribution in [0.2, 0.25) is 0 Å². The molecule has 2 atom stereocenters. The molecule has 2 aromatic rings. The Morgan fingerprint density at radius 3 is 2.57 bits per heavy atom. The van der Waals surface area contributed by atoms with E-state index in [1.165, 1.54) is 67.6 Å². The van der Waals surface area contributed by atoms with Crippen molar-refractivity contribution in [3.63, 3.8) is 0 Å². The SMILES string of the molecule is CCCCc1ccc(C(C)CCC(C)CCc2c[nH]c(C)c2)[nH]1. The minimum atomic E-state index is 0.641. The maximum absolute atomic E-state index is 3.63. The van der Waals surface area contributed by atoms with Crippen molar-refractivity contribution < 1.29 is 0 Å². The van der Waals surface area contributed by atoms with Gasteiger partial charge >= 0.3 is 0 Å². The fourth-order valence-corrected chi connectivity index (χ4v) is 3.22. The number of unbranched alkanes of at least 4 members (excludes halogenated alkanes) is 1. The van der Waals surface area contributed by atoms with Crippen molar-refractivity contribution in [1.82, 2.24) is 9.97 Å². The zero-order valence-electron chi connectivity index (χ0n) is 15.4. The van der Waals surface area contributed by atoms with Gasteiger partial charge in [-0.2, -0.15) is 0 Å². The summed E-state index contributed by atoms with van der Waals surface area (Å²) in [4.78, 5) is 6.90. The lowest BCUT2D eigenvalue weighted by atomic mass is 9.92. The highest BCUT2D eigenvalue weighted by Gasteiger charge is 2.11. The van der Waals surface area contributed by atoms with Crippen molar-refractivity contribution in [3.8, 4) is 0 Å². The Balaban J connectivity index is 1.70. The van der Waals surface area contributed by atoms with Gasteiger partial charge in [0.15, 0.2) is 0 Å². The number of aromatic amines is 2. The molecule has 128 valence electrons. The van der Waals surface area contributed by atoms with E-state index in [-0.39, 0.29) is 0 Å². The molecule has 0 spiro atoms. The molecule has 0 radical (unpaired) electrons. The summed E-state index contributed by atoms with van der Waals surface area (Å²) in [6.07, 6.45) is 11.0. The lowest BCUT2D eigenvalue weighted by Crippen LogP contribution is -2.02. The summed E-state index contributed by atoms with van der Waals surface area (Å²) in [5.74, 6) is 1.43. The lowest BCUT2D eigenvalue weighted by Gasteiger charge is -2.14. The Labute approximate surface area is 142 Å². The van der Waals surface area contributed by atoms with Gasteiger partial charge in [-0.05, 0) is 74.6 Å². The number of aryl methyl sites for hydroxylation is 3. The number of rotatable bonds is 10. The van der Waals surface area contributed by atoms with Crippen molar-refractivity contribution in [1.29, 1.82) is 0 Å². The van der Waals surface area contributed by atoms with E-state index in [0.717, 1.165) is 5.92 Å². The van der Waals surface area contributed by atoms with Crippen molar-refractivity contribution in [2.24, 2.45) is 5.92 Å². The molecule has 0 aliphatic carbocycles. The van der Waals surface area contributed by atoms with Crippen molar-refractivity contribution >= 4 is 0 Å². The molecule has 0 amide bonds. The minimum absolute atomic E-state index is 0.641. The Bertz CT molecular complexity index is 564. The molecule has 2 aromatic heterocycles. The van der Waals surface area contributed by atoms with Crippen molar-refractivity contribution in [3.05, 3.63) is 47.0 Å². The molecule has 2 rings (SSSR count). The molecule has 0 saturated heterocycles. The summed E-state index contributed by atoms with van der Waals surface area (Å²) in [7, 11) is 0. The molecule has 0 aromatic carbocycles. The standard InChI is InChI=1S/C21H34N2/c1-5-6-7-20-12-13-21(23-20)17(3)10-8-16(2)9-11-19-14-18(4)22-15-19/h12-17,22-23H,5-11H2,1-4H3. The van der Waals surface area contributed by atoms with Crippen LogP contribution < -0.4 is 0 Å². The summed E-state index contributed by atoms with van der Waals surface area (Å²) in [6, 6.07) is 6.84. The van der Waals surface area contributed by atoms with Gasteiger partial charge in [-0.3, -0.25) is 0 Å². The van der Waals surface area contributed by atoms with Crippen molar-refractivity contribution in [2.45, 2.75) is 78.6 Å². The van der Waals surface area contributed by atoms with Gasteiger partial charge in [-0.25, -0.2) is 0 Å². The Morgan fingerprint density at radius 1 is 1.04 bits per heavy atom. The molecule has 0 aliphatic rings. The van der Waals surface area contributed by atoms with E-state index in [9.17, 15) is 0 Å². The number of aromatic nitrogens is 2. The van der Waals surface area contributed by atoms with Gasteiger partial charge < -0.3 is 9.97 Å². The molecule has 23 heavy (non-hydrogen) atoms. The number of H-pyrrole nitrogens is 2. The number of hydrogen-bond acceptors (Lipinski definition) is 0. The highest BCUT2D eigenvalue weighted by molar-refractivity contribution is 5.17. The quantitative estimate of drug-likeness (QED) is 0.527. The molecule has 2 unspecified atom stereocenters. The Hall–Kier alpha value is -1.44. The van der Waals surface area contributed by atoms with Gasteiger partial charge in [-0.1, -0.05) is 33.6 Å². The largest absolute Gasteiger partial charge is 0.365 e. The van der Waals surface area contributed by atoms with Gasteiger partial charge in [0.05, 0.1) is 0 Å². The first kappa shape index (κ1) is 17.9. The van der Waals surface area contributed by atoms with Crippen LogP contribution in [0.1, 0.15) is 81.4 Å². The predicted molar refractivity (Wildman–Crippen MR) is 100 cm³/mol. The second kappa shape index (κ2) is 9.00. The molecule has 0 bridgehead atoms. The first-order valence-corrected chi connectivity index (χ1v) is 9.40. The van der Waals surface area contributed by atoms with Crippen LogP contribution in [0.15, 0.2) is 24.4 Å². The molecule has 0 fully saturated rings. The molecular weight excluding hydrogens is 280 g/mol. The average Bonchev–Trinajstić information content (AvgIpc) is 3.17. The molecule has 2 heterocycles. The third-order valence-electron chi connectivity index (χ3n) is 5.00. The van der Waals surface area contributed by atoms with Crippen molar-refractivity contribution in [2.75, 3.05) is 0 Å². The molecule has 0 aliphatic heterocycles. The maximum Gasteiger partial charge on any atom is 0.0178 e. The summed E-state index contributed by atoms with van der Waals surface area (Å²) < 4.78 is 0. The first-order chi connectivity index (χ1) is 11.1. The van der Waals surface area contributed by atoms with E-state index in [0.29, 0.717) is 5.92 Å². The monoisotopic (exact) mass is 314 g/mol. The smallest absolute Gasteiger partial charge is 0.0178 e. The molecule has 0 saturated carbocycles. The zero-order valence-corrected chi connectivity index (χ0v) is 15.4. The maximum atomic E-state index is 3.63. The summed E-state index contributed by atoms with van der Waals surface area (Å²) in [6.45, 7) is 9.13. The van der Waals surface area contributed by atoms with E-state index < -0.39 is 0 Å². The van der Waals surface area contributed by atoms with E-state index in [4.69, 9.17) is 0 Å². The predicted octanol–water partition coefficient (Wildman–Crippen LogP) is 6.15. The van der Waals surface area contributed by atoms with E-state index in [2.05, 4.69) is 62.1 Å². The van der Waals surface area contributed by atoms with Gasteiger partial charge in [0.1, 0.15) is 0 Å². The van der Waals surface area contributed by atoms with Crippen LogP contribution in [0.25, 0.3) is 0 Å². The summed E-state index contributed by atoms with van der Waals surface area (Å²) in [5.41, 5.74) is 5.55. The number of nitrogens with one attached hydrogen (secondary N) is 2. The zero-order chi connectivity index (χ0) is 16.7. The fourth-order valence-electron chi connectivity index (χ4n) is 3.22. The molecule has 2 nitrogen and oxygen atoms in total. The summed E-state index contributed by atoms with van der Waals surface area (Å²) >= 11 is 0. The van der Waals surface area contributed by atoms with Crippen LogP contribution in [0.4, 0.5) is 0 Å². The van der Waals surface area contributed by atoms with Crippen LogP contribution in [0.5, 0.6) is 0 Å². The molecule has 2 N–H and O–H groups in total. The van der Waals surface area contributed by atoms with E-state index in [1.54, 1.807) is 0 Å². The number of hydrogen-bond donors (Lipinski definition) is 2. The highest BCUT2D eigenvalue weighted by atomic mass is 14.7. The molecular formula is C21H34N2. The van der Waals surface area contributed by atoms with Gasteiger partial charge in [-0.15, -0.1) is 0 Å². The van der Waals surface area contributed by atoms with E-state index in [1.807, 2.05) is 0 Å². The fraction of sp³-hybridized carbons (Fsp3) is 0.619.